The van der Waals surface area contributed by atoms with Crippen LogP contribution in [0.2, 0.25) is 0 Å². The monoisotopic (exact) mass is 262 g/mol. The summed E-state index contributed by atoms with van der Waals surface area (Å²) < 4.78 is 0. The minimum absolute atomic E-state index is 1.16. The van der Waals surface area contributed by atoms with Crippen LogP contribution in [0.4, 0.5) is 0 Å². The van der Waals surface area contributed by atoms with Gasteiger partial charge in [-0.1, -0.05) is 43.2 Å². The lowest BCUT2D eigenvalue weighted by Crippen LogP contribution is -1.73. The van der Waals surface area contributed by atoms with E-state index in [1.807, 2.05) is 18.2 Å². The molecule has 0 aromatic carbocycles. The fourth-order valence-corrected chi connectivity index (χ4v) is 1.65. The van der Waals surface area contributed by atoms with Crippen LogP contribution in [-0.2, 0) is 0 Å². The highest BCUT2D eigenvalue weighted by Gasteiger charge is 1.83. The van der Waals surface area contributed by atoms with Gasteiger partial charge in [-0.2, -0.15) is 0 Å². The van der Waals surface area contributed by atoms with Crippen LogP contribution in [0.3, 0.4) is 0 Å². The first kappa shape index (κ1) is 20.3. The van der Waals surface area contributed by atoms with Gasteiger partial charge in [0.05, 0.1) is 0 Å². The molecule has 0 nitrogen and oxygen atoms in total. The van der Waals surface area contributed by atoms with Gasteiger partial charge in [0.15, 0.2) is 0 Å². The molecular formula is C19H34. The molecule has 0 unspecified atom stereocenters. The van der Waals surface area contributed by atoms with Gasteiger partial charge in [0.1, 0.15) is 0 Å². The largest absolute Gasteiger partial charge is 0.103 e. The van der Waals surface area contributed by atoms with Gasteiger partial charge in [0.2, 0.25) is 0 Å². The molecule has 0 heterocycles. The number of allylic oxidation sites excluding steroid dienone is 5. The Hall–Kier alpha value is -1.04. The van der Waals surface area contributed by atoms with Crippen molar-refractivity contribution in [3.8, 4) is 0 Å². The molecule has 0 aliphatic rings. The van der Waals surface area contributed by atoms with Gasteiger partial charge < -0.3 is 0 Å². The van der Waals surface area contributed by atoms with Crippen LogP contribution < -0.4 is 0 Å². The van der Waals surface area contributed by atoms with E-state index in [1.54, 1.807) is 0 Å². The maximum atomic E-state index is 3.68. The molecule has 0 spiro atoms. The Bertz CT molecular complexity index is 200. The van der Waals surface area contributed by atoms with Crippen LogP contribution in [0.25, 0.3) is 0 Å². The Labute approximate surface area is 122 Å². The fraction of sp³-hybridized carbons (Fsp3) is 0.579. The van der Waals surface area contributed by atoms with Crippen molar-refractivity contribution in [2.45, 2.75) is 71.1 Å². The molecule has 0 fully saturated rings. The van der Waals surface area contributed by atoms with Crippen molar-refractivity contribution in [2.75, 3.05) is 0 Å². The van der Waals surface area contributed by atoms with Gasteiger partial charge in [0.25, 0.3) is 0 Å². The van der Waals surface area contributed by atoms with Crippen molar-refractivity contribution in [3.05, 3.63) is 50.1 Å². The normalized spacial score (nSPS) is 9.74. The summed E-state index contributed by atoms with van der Waals surface area (Å²) >= 11 is 0. The van der Waals surface area contributed by atoms with Crippen LogP contribution in [0.15, 0.2) is 50.1 Å². The molecule has 0 amide bonds. The smallest absolute Gasteiger partial charge is 0.0351 e. The Balaban J connectivity index is 0. The number of unbranched alkanes of at least 4 members (excludes halogenated alkanes) is 8. The molecule has 0 heteroatoms. The Morgan fingerprint density at radius 1 is 0.579 bits per heavy atom. The van der Waals surface area contributed by atoms with Crippen LogP contribution in [0.1, 0.15) is 71.1 Å². The first-order valence-corrected chi connectivity index (χ1v) is 7.77. The number of rotatable bonds is 12. The van der Waals surface area contributed by atoms with E-state index >= 15 is 0 Å². The number of hydrogen-bond acceptors (Lipinski definition) is 0. The predicted octanol–water partition coefficient (Wildman–Crippen LogP) is 7.01. The van der Waals surface area contributed by atoms with Gasteiger partial charge in [-0.05, 0) is 58.3 Å². The molecule has 0 aromatic rings. The Morgan fingerprint density at radius 3 is 1.26 bits per heavy atom. The van der Waals surface area contributed by atoms with Crippen molar-refractivity contribution in [3.63, 3.8) is 0 Å². The molecule has 0 rings (SSSR count). The summed E-state index contributed by atoms with van der Waals surface area (Å²) in [7, 11) is 0. The minimum atomic E-state index is 1.16. The van der Waals surface area contributed by atoms with E-state index in [1.165, 1.54) is 51.4 Å². The van der Waals surface area contributed by atoms with Crippen molar-refractivity contribution < 1.29 is 0 Å². The lowest BCUT2D eigenvalue weighted by Gasteiger charge is -1.93. The second-order valence-electron chi connectivity index (χ2n) is 4.71. The summed E-state index contributed by atoms with van der Waals surface area (Å²) in [5.41, 5.74) is 0. The first-order chi connectivity index (χ1) is 9.33. The summed E-state index contributed by atoms with van der Waals surface area (Å²) in [6.07, 6.45) is 22.9. The van der Waals surface area contributed by atoms with Gasteiger partial charge in [-0.3, -0.25) is 0 Å². The fourth-order valence-electron chi connectivity index (χ4n) is 1.65. The van der Waals surface area contributed by atoms with Crippen LogP contribution in [0, 0.1) is 0 Å². The third-order valence-electron chi connectivity index (χ3n) is 2.83. The third kappa shape index (κ3) is 26.5. The number of hydrogen-bond donors (Lipinski definition) is 0. The summed E-state index contributed by atoms with van der Waals surface area (Å²) in [5, 5.41) is 0. The molecule has 110 valence electrons. The molecule has 0 saturated carbocycles. The lowest BCUT2D eigenvalue weighted by molar-refractivity contribution is 0.696. The van der Waals surface area contributed by atoms with Crippen LogP contribution in [-0.4, -0.2) is 0 Å². The molecule has 0 bridgehead atoms. The van der Waals surface area contributed by atoms with E-state index in [9.17, 15) is 0 Å². The Kier molecular flexibility index (Phi) is 23.7. The molecular weight excluding hydrogens is 228 g/mol. The average Bonchev–Trinajstić information content (AvgIpc) is 2.43. The highest BCUT2D eigenvalue weighted by atomic mass is 13.9. The molecule has 0 N–H and O–H groups in total. The molecule has 0 aromatic heterocycles. The molecule has 0 radical (unpaired) electrons. The van der Waals surface area contributed by atoms with Crippen molar-refractivity contribution in [2.24, 2.45) is 0 Å². The quantitative estimate of drug-likeness (QED) is 0.262. The summed E-state index contributed by atoms with van der Waals surface area (Å²) in [6.45, 7) is 13.1. The van der Waals surface area contributed by atoms with E-state index < -0.39 is 0 Å². The highest BCUT2D eigenvalue weighted by molar-refractivity contribution is 4.76. The minimum Gasteiger partial charge on any atom is -0.103 e. The van der Waals surface area contributed by atoms with E-state index in [4.69, 9.17) is 0 Å². The zero-order chi connectivity index (χ0) is 14.6. The van der Waals surface area contributed by atoms with E-state index in [-0.39, 0.29) is 0 Å². The van der Waals surface area contributed by atoms with Gasteiger partial charge in [0, 0.05) is 0 Å². The van der Waals surface area contributed by atoms with E-state index in [2.05, 4.69) is 38.8 Å². The van der Waals surface area contributed by atoms with Crippen molar-refractivity contribution in [1.29, 1.82) is 0 Å². The van der Waals surface area contributed by atoms with E-state index in [0.717, 1.165) is 12.8 Å². The molecule has 0 aliphatic carbocycles. The molecule has 19 heavy (non-hydrogen) atoms. The predicted molar refractivity (Wildman–Crippen MR) is 91.6 cm³/mol. The van der Waals surface area contributed by atoms with E-state index in [0.29, 0.717) is 0 Å². The molecule has 0 aliphatic heterocycles. The lowest BCUT2D eigenvalue weighted by atomic mass is 10.1. The average molecular weight is 262 g/mol. The third-order valence-corrected chi connectivity index (χ3v) is 2.83. The maximum Gasteiger partial charge on any atom is -0.0351 e. The van der Waals surface area contributed by atoms with Gasteiger partial charge >= 0.3 is 0 Å². The second-order valence-corrected chi connectivity index (χ2v) is 4.71. The van der Waals surface area contributed by atoms with Crippen LogP contribution in [0.5, 0.6) is 0 Å². The SMILES string of the molecule is C=CCCCCCC=C.C=CCCCCCC=CC. The standard InChI is InChI=1S/C10H18.C9H16/c1-3-5-7-9-10-8-6-4-2;1-3-5-7-9-8-6-4-2/h3-4,6H,1,5,7-10H2,2H3;3-4H,1-2,5-9H2. The summed E-state index contributed by atoms with van der Waals surface area (Å²) in [4.78, 5) is 0. The van der Waals surface area contributed by atoms with Crippen molar-refractivity contribution in [1.82, 2.24) is 0 Å². The van der Waals surface area contributed by atoms with Gasteiger partial charge in [-0.15, -0.1) is 19.7 Å². The second kappa shape index (κ2) is 22.2. The summed E-state index contributed by atoms with van der Waals surface area (Å²) in [6, 6.07) is 0. The zero-order valence-electron chi connectivity index (χ0n) is 13.1. The van der Waals surface area contributed by atoms with Crippen LogP contribution >= 0.6 is 0 Å². The highest BCUT2D eigenvalue weighted by Crippen LogP contribution is 2.03. The maximum absolute atomic E-state index is 3.68. The first-order valence-electron chi connectivity index (χ1n) is 7.77. The van der Waals surface area contributed by atoms with Crippen molar-refractivity contribution >= 4 is 0 Å². The summed E-state index contributed by atoms with van der Waals surface area (Å²) in [5.74, 6) is 0. The zero-order valence-corrected chi connectivity index (χ0v) is 13.1. The molecule has 0 saturated heterocycles. The molecule has 0 atom stereocenters. The Morgan fingerprint density at radius 2 is 0.947 bits per heavy atom. The topological polar surface area (TPSA) is 0 Å². The van der Waals surface area contributed by atoms with Gasteiger partial charge in [-0.25, -0.2) is 0 Å².